The van der Waals surface area contributed by atoms with Crippen molar-refractivity contribution in [3.63, 3.8) is 0 Å². The number of nitro groups is 1. The zero-order valence-corrected chi connectivity index (χ0v) is 17.2. The topological polar surface area (TPSA) is 103 Å². The van der Waals surface area contributed by atoms with Crippen LogP contribution in [0.1, 0.15) is 35.1 Å². The molecule has 0 bridgehead atoms. The maximum atomic E-state index is 12.7. The molecular formula is C18H19N5O3S2. The molecule has 2 heterocycles. The lowest BCUT2D eigenvalue weighted by Crippen LogP contribution is -2.31. The van der Waals surface area contributed by atoms with Crippen molar-refractivity contribution in [3.05, 3.63) is 62.6 Å². The van der Waals surface area contributed by atoms with Crippen molar-refractivity contribution in [2.24, 2.45) is 13.0 Å². The Labute approximate surface area is 170 Å². The number of aryl methyl sites for hydroxylation is 1. The van der Waals surface area contributed by atoms with Crippen LogP contribution in [0.5, 0.6) is 0 Å². The summed E-state index contributed by atoms with van der Waals surface area (Å²) in [7, 11) is 1.76. The predicted octanol–water partition coefficient (Wildman–Crippen LogP) is 4.06. The van der Waals surface area contributed by atoms with E-state index in [1.165, 1.54) is 12.4 Å². The Bertz CT molecular complexity index is 985. The van der Waals surface area contributed by atoms with Gasteiger partial charge in [0.05, 0.1) is 15.9 Å². The molecule has 0 spiro atoms. The van der Waals surface area contributed by atoms with Gasteiger partial charge in [-0.05, 0) is 41.3 Å². The molecule has 10 heteroatoms. The van der Waals surface area contributed by atoms with Gasteiger partial charge in [-0.25, -0.2) is 0 Å². The average Bonchev–Trinajstić information content (AvgIpc) is 3.31. The molecular weight excluding hydrogens is 398 g/mol. The normalized spacial score (nSPS) is 12.1. The molecule has 146 valence electrons. The Morgan fingerprint density at radius 2 is 2.14 bits per heavy atom. The number of carbonyl (C=O) groups is 1. The van der Waals surface area contributed by atoms with Gasteiger partial charge in [0, 0.05) is 23.6 Å². The van der Waals surface area contributed by atoms with E-state index in [9.17, 15) is 14.9 Å². The number of amides is 1. The van der Waals surface area contributed by atoms with E-state index in [-0.39, 0.29) is 29.1 Å². The van der Waals surface area contributed by atoms with Gasteiger partial charge < -0.3 is 9.88 Å². The molecule has 28 heavy (non-hydrogen) atoms. The van der Waals surface area contributed by atoms with E-state index in [1.54, 1.807) is 35.1 Å². The molecule has 0 radical (unpaired) electrons. The molecule has 2 aromatic heterocycles. The standard InChI is InChI=1S/C18H19N5O3S2/c1-11(2)16(15-5-4-8-27-15)20-17(24)12-6-7-14(13(9-12)23(25)26)28-18-21-19-10-22(18)3/h4-11,16H,1-3H3,(H,20,24)/t16-/m1/s1. The third-order valence-corrected chi connectivity index (χ3v) is 6.16. The van der Waals surface area contributed by atoms with Gasteiger partial charge in [-0.2, -0.15) is 0 Å². The molecule has 1 amide bonds. The number of benzene rings is 1. The molecule has 0 aliphatic rings. The highest BCUT2D eigenvalue weighted by Gasteiger charge is 2.23. The summed E-state index contributed by atoms with van der Waals surface area (Å²) in [4.78, 5) is 25.3. The minimum Gasteiger partial charge on any atom is -0.344 e. The lowest BCUT2D eigenvalue weighted by molar-refractivity contribution is -0.387. The Hall–Kier alpha value is -2.72. The van der Waals surface area contributed by atoms with E-state index >= 15 is 0 Å². The van der Waals surface area contributed by atoms with Crippen LogP contribution in [0.15, 0.2) is 52.1 Å². The summed E-state index contributed by atoms with van der Waals surface area (Å²) in [5.41, 5.74) is 0.106. The molecule has 0 saturated carbocycles. The highest BCUT2D eigenvalue weighted by molar-refractivity contribution is 7.99. The highest BCUT2D eigenvalue weighted by Crippen LogP contribution is 2.34. The molecule has 0 fully saturated rings. The number of hydrogen-bond donors (Lipinski definition) is 1. The first-order valence-corrected chi connectivity index (χ1v) is 10.2. The number of nitrogens with zero attached hydrogens (tertiary/aromatic N) is 4. The van der Waals surface area contributed by atoms with Crippen molar-refractivity contribution in [2.75, 3.05) is 0 Å². The third-order valence-electron chi connectivity index (χ3n) is 4.09. The summed E-state index contributed by atoms with van der Waals surface area (Å²) in [6.07, 6.45) is 1.52. The zero-order valence-electron chi connectivity index (χ0n) is 15.5. The van der Waals surface area contributed by atoms with Crippen molar-refractivity contribution >= 4 is 34.7 Å². The van der Waals surface area contributed by atoms with Gasteiger partial charge in [0.25, 0.3) is 11.6 Å². The summed E-state index contributed by atoms with van der Waals surface area (Å²) in [6, 6.07) is 8.22. The molecule has 0 aliphatic heterocycles. The van der Waals surface area contributed by atoms with E-state index in [0.29, 0.717) is 10.1 Å². The van der Waals surface area contributed by atoms with Crippen molar-refractivity contribution < 1.29 is 9.72 Å². The lowest BCUT2D eigenvalue weighted by Gasteiger charge is -2.21. The van der Waals surface area contributed by atoms with Crippen LogP contribution in [0.2, 0.25) is 0 Å². The molecule has 3 aromatic rings. The Morgan fingerprint density at radius 1 is 1.36 bits per heavy atom. The second kappa shape index (κ2) is 8.53. The fraction of sp³-hybridized carbons (Fsp3) is 0.278. The van der Waals surface area contributed by atoms with E-state index in [0.717, 1.165) is 16.6 Å². The number of nitrogens with one attached hydrogen (secondary N) is 1. The van der Waals surface area contributed by atoms with Gasteiger partial charge in [0.15, 0.2) is 5.16 Å². The molecule has 0 aliphatic carbocycles. The molecule has 1 N–H and O–H groups in total. The minimum atomic E-state index is -0.491. The van der Waals surface area contributed by atoms with Crippen molar-refractivity contribution in [3.8, 4) is 0 Å². The van der Waals surface area contributed by atoms with Crippen LogP contribution in [0.25, 0.3) is 0 Å². The summed E-state index contributed by atoms with van der Waals surface area (Å²) in [6.45, 7) is 4.04. The lowest BCUT2D eigenvalue weighted by atomic mass is 10.0. The fourth-order valence-corrected chi connectivity index (χ4v) is 4.41. The Kier molecular flexibility index (Phi) is 6.10. The van der Waals surface area contributed by atoms with Crippen LogP contribution in [0.4, 0.5) is 5.69 Å². The van der Waals surface area contributed by atoms with Gasteiger partial charge >= 0.3 is 0 Å². The number of nitro benzene ring substituents is 1. The first-order valence-electron chi connectivity index (χ1n) is 8.51. The molecule has 8 nitrogen and oxygen atoms in total. The summed E-state index contributed by atoms with van der Waals surface area (Å²) < 4.78 is 1.67. The maximum absolute atomic E-state index is 12.7. The number of hydrogen-bond acceptors (Lipinski definition) is 7. The number of rotatable bonds is 7. The molecule has 1 atom stereocenters. The van der Waals surface area contributed by atoms with E-state index < -0.39 is 4.92 Å². The predicted molar refractivity (Wildman–Crippen MR) is 108 cm³/mol. The van der Waals surface area contributed by atoms with E-state index in [1.807, 2.05) is 31.4 Å². The van der Waals surface area contributed by atoms with E-state index in [2.05, 4.69) is 15.5 Å². The SMILES string of the molecule is CC(C)[C@@H](NC(=O)c1ccc(Sc2nncn2C)c([N+](=O)[O-])c1)c1cccs1. The van der Waals surface area contributed by atoms with Gasteiger partial charge in [-0.15, -0.1) is 21.5 Å². The summed E-state index contributed by atoms with van der Waals surface area (Å²) in [5, 5.41) is 24.7. The fourth-order valence-electron chi connectivity index (χ4n) is 2.61. The van der Waals surface area contributed by atoms with Crippen LogP contribution in [0, 0.1) is 16.0 Å². The smallest absolute Gasteiger partial charge is 0.284 e. The first-order chi connectivity index (χ1) is 13.4. The summed E-state index contributed by atoms with van der Waals surface area (Å²) in [5.74, 6) is -0.159. The van der Waals surface area contributed by atoms with Crippen LogP contribution < -0.4 is 5.32 Å². The number of carbonyl (C=O) groups excluding carboxylic acids is 1. The maximum Gasteiger partial charge on any atom is 0.284 e. The van der Waals surface area contributed by atoms with E-state index in [4.69, 9.17) is 0 Å². The second-order valence-corrected chi connectivity index (χ2v) is 8.47. The van der Waals surface area contributed by atoms with Gasteiger partial charge in [0.2, 0.25) is 0 Å². The number of aromatic nitrogens is 3. The third kappa shape index (κ3) is 4.39. The van der Waals surface area contributed by atoms with Crippen LogP contribution >= 0.6 is 23.1 Å². The largest absolute Gasteiger partial charge is 0.344 e. The molecule has 3 rings (SSSR count). The van der Waals surface area contributed by atoms with Crippen LogP contribution in [0.3, 0.4) is 0 Å². The monoisotopic (exact) mass is 417 g/mol. The van der Waals surface area contributed by atoms with Crippen molar-refractivity contribution in [2.45, 2.75) is 29.9 Å². The Balaban J connectivity index is 1.85. The molecule has 1 aromatic carbocycles. The summed E-state index contributed by atoms with van der Waals surface area (Å²) >= 11 is 2.70. The quantitative estimate of drug-likeness (QED) is 0.459. The minimum absolute atomic E-state index is 0.141. The highest BCUT2D eigenvalue weighted by atomic mass is 32.2. The molecule has 0 saturated heterocycles. The van der Waals surface area contributed by atoms with Crippen LogP contribution in [-0.4, -0.2) is 25.6 Å². The second-order valence-electron chi connectivity index (χ2n) is 6.48. The number of thiophene rings is 1. The van der Waals surface area contributed by atoms with Gasteiger partial charge in [-0.1, -0.05) is 19.9 Å². The van der Waals surface area contributed by atoms with Crippen LogP contribution in [-0.2, 0) is 7.05 Å². The Morgan fingerprint density at radius 3 is 2.71 bits per heavy atom. The van der Waals surface area contributed by atoms with Crippen molar-refractivity contribution in [1.29, 1.82) is 0 Å². The first kappa shape index (κ1) is 20.0. The molecule has 0 unspecified atom stereocenters. The zero-order chi connectivity index (χ0) is 20.3. The average molecular weight is 418 g/mol. The van der Waals surface area contributed by atoms with Crippen molar-refractivity contribution in [1.82, 2.24) is 20.1 Å². The van der Waals surface area contributed by atoms with Gasteiger partial charge in [-0.3, -0.25) is 14.9 Å². The van der Waals surface area contributed by atoms with Gasteiger partial charge in [0.1, 0.15) is 6.33 Å².